The summed E-state index contributed by atoms with van der Waals surface area (Å²) in [5.41, 5.74) is 7.39. The number of hydrogen-bond donors (Lipinski definition) is 2. The summed E-state index contributed by atoms with van der Waals surface area (Å²) < 4.78 is 2.14. The number of nitrogens with one attached hydrogen (secondary N) is 2. The van der Waals surface area contributed by atoms with Gasteiger partial charge >= 0.3 is 6.03 Å². The van der Waals surface area contributed by atoms with Gasteiger partial charge in [0, 0.05) is 38.6 Å². The fourth-order valence-electron chi connectivity index (χ4n) is 3.69. The summed E-state index contributed by atoms with van der Waals surface area (Å²) in [6.07, 6.45) is 1.87. The molecule has 1 aromatic heterocycles. The lowest BCUT2D eigenvalue weighted by Gasteiger charge is -2.16. The third-order valence-corrected chi connectivity index (χ3v) is 5.29. The summed E-state index contributed by atoms with van der Waals surface area (Å²) in [6, 6.07) is 22.1. The largest absolute Gasteiger partial charge is 0.377 e. The minimum atomic E-state index is -0.217. The van der Waals surface area contributed by atoms with Crippen LogP contribution >= 0.6 is 0 Å². The Morgan fingerprint density at radius 2 is 1.74 bits per heavy atom. The lowest BCUT2D eigenvalue weighted by Crippen LogP contribution is -2.28. The summed E-state index contributed by atoms with van der Waals surface area (Å²) >= 11 is 0. The number of urea groups is 1. The van der Waals surface area contributed by atoms with Gasteiger partial charge in [0.15, 0.2) is 0 Å². The molecule has 0 saturated heterocycles. The van der Waals surface area contributed by atoms with Gasteiger partial charge in [0.25, 0.3) is 0 Å². The van der Waals surface area contributed by atoms with Crippen molar-refractivity contribution in [3.63, 3.8) is 0 Å². The fourth-order valence-corrected chi connectivity index (χ4v) is 3.69. The quantitative estimate of drug-likeness (QED) is 0.478. The van der Waals surface area contributed by atoms with Crippen molar-refractivity contribution in [3.8, 4) is 0 Å². The van der Waals surface area contributed by atoms with E-state index in [0.29, 0.717) is 6.54 Å². The molecule has 0 spiro atoms. The Bertz CT molecular complexity index is 1190. The molecule has 0 aliphatic heterocycles. The molecular weight excluding hydrogens is 386 g/mol. The van der Waals surface area contributed by atoms with Crippen molar-refractivity contribution in [1.82, 2.24) is 14.9 Å². The second kappa shape index (κ2) is 8.92. The smallest absolute Gasteiger partial charge is 0.319 e. The molecule has 0 radical (unpaired) electrons. The van der Waals surface area contributed by atoms with Gasteiger partial charge in [0.1, 0.15) is 0 Å². The van der Waals surface area contributed by atoms with Crippen LogP contribution in [0.15, 0.2) is 73.1 Å². The van der Waals surface area contributed by atoms with E-state index in [1.807, 2.05) is 75.9 Å². The molecule has 3 aromatic carbocycles. The zero-order valence-electron chi connectivity index (χ0n) is 18.1. The van der Waals surface area contributed by atoms with E-state index in [2.05, 4.69) is 43.3 Å². The first-order chi connectivity index (χ1) is 15.0. The maximum atomic E-state index is 12.3. The zero-order valence-corrected chi connectivity index (χ0v) is 18.1. The average molecular weight is 414 g/mol. The Labute approximate surface area is 182 Å². The predicted molar refractivity (Wildman–Crippen MR) is 127 cm³/mol. The summed E-state index contributed by atoms with van der Waals surface area (Å²) in [6.45, 7) is 3.26. The van der Waals surface area contributed by atoms with Gasteiger partial charge in [-0.3, -0.25) is 0 Å². The Morgan fingerprint density at radius 1 is 1.00 bits per heavy atom. The monoisotopic (exact) mass is 413 g/mol. The highest BCUT2D eigenvalue weighted by molar-refractivity contribution is 5.89. The molecular formula is C25H27N5O. The highest BCUT2D eigenvalue weighted by atomic mass is 16.2. The SMILES string of the molecule is Cc1cc(NC(=O)NCc2ccc(Cn3cnc4ccccc43)cc2)ccc1N(C)C. The number of fused-ring (bicyclic) bond motifs is 1. The molecule has 4 rings (SSSR count). The molecule has 2 amide bonds. The van der Waals surface area contributed by atoms with E-state index >= 15 is 0 Å². The number of benzene rings is 3. The van der Waals surface area contributed by atoms with Crippen LogP contribution in [0.2, 0.25) is 0 Å². The van der Waals surface area contributed by atoms with Crippen molar-refractivity contribution >= 4 is 28.4 Å². The third-order valence-electron chi connectivity index (χ3n) is 5.29. The summed E-state index contributed by atoms with van der Waals surface area (Å²) in [4.78, 5) is 18.8. The van der Waals surface area contributed by atoms with Gasteiger partial charge in [-0.05, 0) is 53.9 Å². The first kappa shape index (κ1) is 20.5. The van der Waals surface area contributed by atoms with Crippen molar-refractivity contribution in [2.45, 2.75) is 20.0 Å². The molecule has 6 heteroatoms. The third kappa shape index (κ3) is 4.86. The number of aryl methyl sites for hydroxylation is 1. The minimum absolute atomic E-state index is 0.217. The van der Waals surface area contributed by atoms with Gasteiger partial charge in [-0.1, -0.05) is 36.4 Å². The van der Waals surface area contributed by atoms with Crippen molar-refractivity contribution in [2.24, 2.45) is 0 Å². The molecule has 4 aromatic rings. The van der Waals surface area contributed by atoms with Gasteiger partial charge in [-0.2, -0.15) is 0 Å². The summed E-state index contributed by atoms with van der Waals surface area (Å²) in [5.74, 6) is 0. The lowest BCUT2D eigenvalue weighted by atomic mass is 10.1. The van der Waals surface area contributed by atoms with Crippen molar-refractivity contribution in [2.75, 3.05) is 24.3 Å². The van der Waals surface area contributed by atoms with Crippen LogP contribution in [0, 0.1) is 6.92 Å². The highest BCUT2D eigenvalue weighted by Crippen LogP contribution is 2.21. The van der Waals surface area contributed by atoms with Crippen LogP contribution in [0.1, 0.15) is 16.7 Å². The van der Waals surface area contributed by atoms with Crippen LogP contribution in [0.25, 0.3) is 11.0 Å². The number of para-hydroxylation sites is 2. The molecule has 0 aliphatic rings. The van der Waals surface area contributed by atoms with Gasteiger partial charge in [-0.15, -0.1) is 0 Å². The number of aromatic nitrogens is 2. The van der Waals surface area contributed by atoms with Crippen LogP contribution in [0.4, 0.5) is 16.2 Å². The van der Waals surface area contributed by atoms with Crippen LogP contribution in [0.3, 0.4) is 0 Å². The molecule has 0 unspecified atom stereocenters. The van der Waals surface area contributed by atoms with E-state index < -0.39 is 0 Å². The molecule has 0 bridgehead atoms. The minimum Gasteiger partial charge on any atom is -0.377 e. The number of carbonyl (C=O) groups excluding carboxylic acids is 1. The molecule has 0 saturated carbocycles. The molecule has 0 atom stereocenters. The molecule has 2 N–H and O–H groups in total. The van der Waals surface area contributed by atoms with E-state index in [9.17, 15) is 4.79 Å². The number of imidazole rings is 1. The van der Waals surface area contributed by atoms with Crippen molar-refractivity contribution in [3.05, 3.63) is 89.7 Å². The first-order valence-corrected chi connectivity index (χ1v) is 10.3. The van der Waals surface area contributed by atoms with Gasteiger partial charge < -0.3 is 20.1 Å². The van der Waals surface area contributed by atoms with Crippen molar-refractivity contribution < 1.29 is 4.79 Å². The summed E-state index contributed by atoms with van der Waals surface area (Å²) in [7, 11) is 4.01. The van der Waals surface area contributed by atoms with E-state index in [1.165, 1.54) is 5.56 Å². The van der Waals surface area contributed by atoms with Crippen LogP contribution < -0.4 is 15.5 Å². The highest BCUT2D eigenvalue weighted by Gasteiger charge is 2.06. The Morgan fingerprint density at radius 3 is 2.48 bits per heavy atom. The van der Waals surface area contributed by atoms with Gasteiger partial charge in [0.2, 0.25) is 0 Å². The predicted octanol–water partition coefficient (Wildman–Crippen LogP) is 4.78. The lowest BCUT2D eigenvalue weighted by molar-refractivity contribution is 0.251. The summed E-state index contributed by atoms with van der Waals surface area (Å²) in [5, 5.41) is 5.82. The second-order valence-electron chi connectivity index (χ2n) is 7.88. The van der Waals surface area contributed by atoms with Crippen LogP contribution in [-0.4, -0.2) is 29.7 Å². The number of nitrogens with zero attached hydrogens (tertiary/aromatic N) is 3. The molecule has 0 aliphatic carbocycles. The number of anilines is 2. The van der Waals surface area contributed by atoms with Crippen molar-refractivity contribution in [1.29, 1.82) is 0 Å². The number of carbonyl (C=O) groups is 1. The van der Waals surface area contributed by atoms with E-state index in [0.717, 1.165) is 40.1 Å². The van der Waals surface area contributed by atoms with E-state index in [4.69, 9.17) is 0 Å². The number of rotatable bonds is 6. The molecule has 1 heterocycles. The van der Waals surface area contributed by atoms with E-state index in [-0.39, 0.29) is 6.03 Å². The maximum absolute atomic E-state index is 12.3. The Hall–Kier alpha value is -3.80. The fraction of sp³-hybridized carbons (Fsp3) is 0.200. The molecule has 31 heavy (non-hydrogen) atoms. The van der Waals surface area contributed by atoms with Gasteiger partial charge in [-0.25, -0.2) is 9.78 Å². The van der Waals surface area contributed by atoms with Crippen LogP contribution in [0.5, 0.6) is 0 Å². The normalized spacial score (nSPS) is 10.8. The number of amides is 2. The second-order valence-corrected chi connectivity index (χ2v) is 7.88. The van der Waals surface area contributed by atoms with E-state index in [1.54, 1.807) is 0 Å². The number of hydrogen-bond acceptors (Lipinski definition) is 3. The maximum Gasteiger partial charge on any atom is 0.319 e. The van der Waals surface area contributed by atoms with Gasteiger partial charge in [0.05, 0.1) is 17.4 Å². The standard InChI is InChI=1S/C25H27N5O/c1-18-14-21(12-13-23(18)29(2)3)28-25(31)26-15-19-8-10-20(11-9-19)16-30-17-27-22-6-4-5-7-24(22)30/h4-14,17H,15-16H2,1-3H3,(H2,26,28,31). The first-order valence-electron chi connectivity index (χ1n) is 10.3. The molecule has 0 fully saturated rings. The molecule has 158 valence electrons. The van der Waals surface area contributed by atoms with Crippen LogP contribution in [-0.2, 0) is 13.1 Å². The molecule has 6 nitrogen and oxygen atoms in total. The average Bonchev–Trinajstić information content (AvgIpc) is 3.16. The Kier molecular flexibility index (Phi) is 5.89. The topological polar surface area (TPSA) is 62.2 Å². The zero-order chi connectivity index (χ0) is 21.8. The Balaban J connectivity index is 1.32.